The van der Waals surface area contributed by atoms with E-state index in [0.29, 0.717) is 12.5 Å². The Balaban J connectivity index is 2.78. The van der Waals surface area contributed by atoms with E-state index in [4.69, 9.17) is 9.84 Å². The van der Waals surface area contributed by atoms with Gasteiger partial charge in [-0.15, -0.1) is 0 Å². The zero-order valence-electron chi connectivity index (χ0n) is 12.2. The molecular formula is C14H20N2O5. The van der Waals surface area contributed by atoms with Crippen molar-refractivity contribution in [3.63, 3.8) is 0 Å². The van der Waals surface area contributed by atoms with E-state index in [1.165, 1.54) is 0 Å². The molecular weight excluding hydrogens is 276 g/mol. The summed E-state index contributed by atoms with van der Waals surface area (Å²) < 4.78 is 5.48. The molecule has 1 heterocycles. The first-order chi connectivity index (χ1) is 9.99. The number of hydrogen-bond acceptors (Lipinski definition) is 5. The molecule has 0 spiro atoms. The molecule has 0 radical (unpaired) electrons. The van der Waals surface area contributed by atoms with Crippen molar-refractivity contribution in [2.45, 2.75) is 39.5 Å². The fourth-order valence-electron chi connectivity index (χ4n) is 1.93. The van der Waals surface area contributed by atoms with E-state index in [-0.39, 0.29) is 5.88 Å². The molecule has 1 aromatic heterocycles. The quantitative estimate of drug-likeness (QED) is 0.554. The van der Waals surface area contributed by atoms with Crippen LogP contribution in [0.3, 0.4) is 0 Å². The molecule has 1 atom stereocenters. The Morgan fingerprint density at radius 3 is 2.76 bits per heavy atom. The molecule has 1 N–H and O–H groups in total. The molecule has 0 aliphatic carbocycles. The molecule has 0 aliphatic rings. The average molecular weight is 296 g/mol. The lowest BCUT2D eigenvalue weighted by atomic mass is 10.0. The van der Waals surface area contributed by atoms with Crippen LogP contribution in [0.1, 0.15) is 49.9 Å². The van der Waals surface area contributed by atoms with Crippen molar-refractivity contribution >= 4 is 11.7 Å². The number of rotatable bonds is 9. The second-order valence-corrected chi connectivity index (χ2v) is 4.83. The van der Waals surface area contributed by atoms with Gasteiger partial charge in [0.05, 0.1) is 11.5 Å². The first kappa shape index (κ1) is 16.9. The fourth-order valence-corrected chi connectivity index (χ4v) is 1.93. The molecule has 0 saturated heterocycles. The van der Waals surface area contributed by atoms with Crippen molar-refractivity contribution in [3.05, 3.63) is 27.9 Å². The summed E-state index contributed by atoms with van der Waals surface area (Å²) in [6.45, 7) is 4.61. The third-order valence-corrected chi connectivity index (χ3v) is 3.30. The van der Waals surface area contributed by atoms with Crippen LogP contribution in [-0.4, -0.2) is 27.6 Å². The maximum absolute atomic E-state index is 11.0. The first-order valence-electron chi connectivity index (χ1n) is 7.00. The molecule has 1 aromatic rings. The minimum atomic E-state index is -1.37. The summed E-state index contributed by atoms with van der Waals surface area (Å²) in [5, 5.41) is 19.7. The number of pyridine rings is 1. The van der Waals surface area contributed by atoms with E-state index in [1.807, 2.05) is 0 Å². The number of unbranched alkanes of at least 4 members (excludes halogenated alkanes) is 1. The van der Waals surface area contributed by atoms with Gasteiger partial charge in [0.25, 0.3) is 0 Å². The lowest BCUT2D eigenvalue weighted by Crippen LogP contribution is -2.13. The van der Waals surface area contributed by atoms with Gasteiger partial charge in [0.2, 0.25) is 5.88 Å². The summed E-state index contributed by atoms with van der Waals surface area (Å²) in [5.74, 6) is -0.893. The maximum Gasteiger partial charge on any atom is 0.342 e. The molecule has 0 fully saturated rings. The van der Waals surface area contributed by atoms with Crippen LogP contribution in [0.15, 0.2) is 12.3 Å². The van der Waals surface area contributed by atoms with Crippen molar-refractivity contribution in [2.24, 2.45) is 5.92 Å². The van der Waals surface area contributed by atoms with Gasteiger partial charge in [0.15, 0.2) is 0 Å². The predicted octanol–water partition coefficient (Wildman–Crippen LogP) is 3.28. The topological polar surface area (TPSA) is 103 Å². The summed E-state index contributed by atoms with van der Waals surface area (Å²) >= 11 is 0. The summed E-state index contributed by atoms with van der Waals surface area (Å²) in [5.41, 5.74) is -0.945. The highest BCUT2D eigenvalue weighted by atomic mass is 16.6. The second kappa shape index (κ2) is 8.18. The Kier molecular flexibility index (Phi) is 6.58. The van der Waals surface area contributed by atoms with Crippen LogP contribution in [0, 0.1) is 16.0 Å². The van der Waals surface area contributed by atoms with Gasteiger partial charge in [0, 0.05) is 6.07 Å². The van der Waals surface area contributed by atoms with Gasteiger partial charge in [-0.2, -0.15) is 0 Å². The third kappa shape index (κ3) is 5.02. The normalized spacial score (nSPS) is 11.9. The van der Waals surface area contributed by atoms with E-state index in [9.17, 15) is 14.9 Å². The molecule has 1 unspecified atom stereocenters. The monoisotopic (exact) mass is 296 g/mol. The zero-order valence-corrected chi connectivity index (χ0v) is 12.2. The molecule has 0 aromatic carbocycles. The van der Waals surface area contributed by atoms with E-state index in [0.717, 1.165) is 37.9 Å². The van der Waals surface area contributed by atoms with E-state index >= 15 is 0 Å². The van der Waals surface area contributed by atoms with Gasteiger partial charge >= 0.3 is 11.7 Å². The standard InChI is InChI=1S/C14H20N2O5/c1-3-5-6-10(4-2)9-21-13-7-11(14(17)18)12(8-15-13)16(19)20/h7-8,10H,3-6,9H2,1-2H3,(H,17,18). The number of nitro groups is 1. The Hall–Kier alpha value is -2.18. The summed E-state index contributed by atoms with van der Waals surface area (Å²) in [6, 6.07) is 1.10. The zero-order chi connectivity index (χ0) is 15.8. The largest absolute Gasteiger partial charge is 0.477 e. The number of nitrogens with zero attached hydrogens (tertiary/aromatic N) is 2. The second-order valence-electron chi connectivity index (χ2n) is 4.83. The van der Waals surface area contributed by atoms with Gasteiger partial charge in [-0.3, -0.25) is 10.1 Å². The molecule has 0 bridgehead atoms. The molecule has 1 rings (SSSR count). The fraction of sp³-hybridized carbons (Fsp3) is 0.571. The third-order valence-electron chi connectivity index (χ3n) is 3.30. The lowest BCUT2D eigenvalue weighted by Gasteiger charge is -2.15. The number of hydrogen-bond donors (Lipinski definition) is 1. The number of carboxylic acids is 1. The van der Waals surface area contributed by atoms with Crippen molar-refractivity contribution in [1.82, 2.24) is 4.98 Å². The Bertz CT molecular complexity index is 504. The highest BCUT2D eigenvalue weighted by molar-refractivity contribution is 5.92. The van der Waals surface area contributed by atoms with Crippen LogP contribution >= 0.6 is 0 Å². The number of ether oxygens (including phenoxy) is 1. The molecule has 7 nitrogen and oxygen atoms in total. The summed E-state index contributed by atoms with van der Waals surface area (Å²) in [6.07, 6.45) is 5.13. The van der Waals surface area contributed by atoms with Crippen molar-refractivity contribution in [3.8, 4) is 5.88 Å². The minimum absolute atomic E-state index is 0.105. The maximum atomic E-state index is 11.0. The lowest BCUT2D eigenvalue weighted by molar-refractivity contribution is -0.385. The van der Waals surface area contributed by atoms with E-state index in [2.05, 4.69) is 18.8 Å². The molecule has 21 heavy (non-hydrogen) atoms. The van der Waals surface area contributed by atoms with Crippen molar-refractivity contribution in [2.75, 3.05) is 6.61 Å². The highest BCUT2D eigenvalue weighted by Crippen LogP contribution is 2.22. The summed E-state index contributed by atoms with van der Waals surface area (Å²) in [4.78, 5) is 24.8. The molecule has 7 heteroatoms. The Labute approximate surface area is 123 Å². The highest BCUT2D eigenvalue weighted by Gasteiger charge is 2.21. The molecule has 0 aliphatic heterocycles. The van der Waals surface area contributed by atoms with Crippen LogP contribution in [-0.2, 0) is 0 Å². The minimum Gasteiger partial charge on any atom is -0.477 e. The number of aromatic nitrogens is 1. The summed E-state index contributed by atoms with van der Waals surface area (Å²) in [7, 11) is 0. The number of carboxylic acid groups (broad SMARTS) is 1. The van der Waals surface area contributed by atoms with Crippen LogP contribution in [0.25, 0.3) is 0 Å². The van der Waals surface area contributed by atoms with Crippen LogP contribution < -0.4 is 4.74 Å². The van der Waals surface area contributed by atoms with Crippen LogP contribution in [0.4, 0.5) is 5.69 Å². The van der Waals surface area contributed by atoms with Crippen LogP contribution in [0.5, 0.6) is 5.88 Å². The van der Waals surface area contributed by atoms with E-state index in [1.54, 1.807) is 0 Å². The Morgan fingerprint density at radius 2 is 2.24 bits per heavy atom. The predicted molar refractivity (Wildman–Crippen MR) is 76.7 cm³/mol. The smallest absolute Gasteiger partial charge is 0.342 e. The van der Waals surface area contributed by atoms with Gasteiger partial charge in [0.1, 0.15) is 11.8 Å². The molecule has 0 amide bonds. The Morgan fingerprint density at radius 1 is 1.52 bits per heavy atom. The van der Waals surface area contributed by atoms with Crippen molar-refractivity contribution in [1.29, 1.82) is 0 Å². The van der Waals surface area contributed by atoms with Gasteiger partial charge in [-0.05, 0) is 12.3 Å². The van der Waals surface area contributed by atoms with Gasteiger partial charge in [-0.1, -0.05) is 33.1 Å². The van der Waals surface area contributed by atoms with Gasteiger partial charge < -0.3 is 9.84 Å². The van der Waals surface area contributed by atoms with Crippen molar-refractivity contribution < 1.29 is 19.6 Å². The van der Waals surface area contributed by atoms with E-state index < -0.39 is 22.1 Å². The average Bonchev–Trinajstić information content (AvgIpc) is 2.47. The number of carbonyl (C=O) groups is 1. The number of aromatic carboxylic acids is 1. The SMILES string of the molecule is CCCCC(CC)COc1cc(C(=O)O)c([N+](=O)[O-])cn1. The van der Waals surface area contributed by atoms with Crippen LogP contribution in [0.2, 0.25) is 0 Å². The van der Waals surface area contributed by atoms with Gasteiger partial charge in [-0.25, -0.2) is 9.78 Å². The molecule has 116 valence electrons. The molecule has 0 saturated carbocycles. The first-order valence-corrected chi connectivity index (χ1v) is 7.00.